The van der Waals surface area contributed by atoms with E-state index in [0.717, 1.165) is 25.1 Å². The third-order valence-electron chi connectivity index (χ3n) is 4.32. The Morgan fingerprint density at radius 1 is 1.15 bits per heavy atom. The van der Waals surface area contributed by atoms with Gasteiger partial charge in [-0.15, -0.1) is 0 Å². The summed E-state index contributed by atoms with van der Waals surface area (Å²) in [5.41, 5.74) is 7.76. The minimum atomic E-state index is -0.238. The Hall–Kier alpha value is -1.06. The van der Waals surface area contributed by atoms with E-state index in [1.165, 1.54) is 37.9 Å². The van der Waals surface area contributed by atoms with Crippen molar-refractivity contribution in [2.45, 2.75) is 44.6 Å². The van der Waals surface area contributed by atoms with Gasteiger partial charge in [0.1, 0.15) is 5.75 Å². The van der Waals surface area contributed by atoms with E-state index in [0.29, 0.717) is 0 Å². The largest absolute Gasteiger partial charge is 0.497 e. The summed E-state index contributed by atoms with van der Waals surface area (Å²) >= 11 is 0. The lowest BCUT2D eigenvalue weighted by Crippen LogP contribution is -2.49. The van der Waals surface area contributed by atoms with Crippen molar-refractivity contribution in [1.29, 1.82) is 0 Å². The number of methoxy groups -OCH3 is 1. The standard InChI is InChI=1S/C17H28N2O/c1-3-11-17(18,14-19-12-5-4-6-13-19)15-7-9-16(20-2)10-8-15/h7-10H,3-6,11-14,18H2,1-2H3. The van der Waals surface area contributed by atoms with Crippen molar-refractivity contribution in [3.8, 4) is 5.75 Å². The first-order valence-corrected chi connectivity index (χ1v) is 7.84. The summed E-state index contributed by atoms with van der Waals surface area (Å²) < 4.78 is 5.24. The van der Waals surface area contributed by atoms with Crippen LogP contribution < -0.4 is 10.5 Å². The number of benzene rings is 1. The highest BCUT2D eigenvalue weighted by Gasteiger charge is 2.29. The molecule has 1 aliphatic rings. The third-order valence-corrected chi connectivity index (χ3v) is 4.32. The average Bonchev–Trinajstić information content (AvgIpc) is 2.48. The van der Waals surface area contributed by atoms with Gasteiger partial charge in [0.05, 0.1) is 12.6 Å². The first-order chi connectivity index (χ1) is 9.68. The molecule has 1 fully saturated rings. The molecule has 2 rings (SSSR count). The van der Waals surface area contributed by atoms with Crippen LogP contribution in [0.2, 0.25) is 0 Å². The molecule has 3 nitrogen and oxygen atoms in total. The van der Waals surface area contributed by atoms with Gasteiger partial charge >= 0.3 is 0 Å². The van der Waals surface area contributed by atoms with Gasteiger partial charge in [0.2, 0.25) is 0 Å². The van der Waals surface area contributed by atoms with Gasteiger partial charge < -0.3 is 15.4 Å². The number of nitrogens with zero attached hydrogens (tertiary/aromatic N) is 1. The van der Waals surface area contributed by atoms with E-state index in [-0.39, 0.29) is 5.54 Å². The summed E-state index contributed by atoms with van der Waals surface area (Å²) in [5.74, 6) is 0.894. The van der Waals surface area contributed by atoms with Crippen molar-refractivity contribution >= 4 is 0 Å². The summed E-state index contributed by atoms with van der Waals surface area (Å²) in [6.07, 6.45) is 6.12. The fourth-order valence-corrected chi connectivity index (χ4v) is 3.20. The molecular formula is C17H28N2O. The summed E-state index contributed by atoms with van der Waals surface area (Å²) in [4.78, 5) is 2.53. The third kappa shape index (κ3) is 3.74. The lowest BCUT2D eigenvalue weighted by Gasteiger charge is -2.37. The summed E-state index contributed by atoms with van der Waals surface area (Å²) in [5, 5.41) is 0. The lowest BCUT2D eigenvalue weighted by atomic mass is 9.85. The lowest BCUT2D eigenvalue weighted by molar-refractivity contribution is 0.171. The smallest absolute Gasteiger partial charge is 0.118 e. The van der Waals surface area contributed by atoms with Crippen molar-refractivity contribution in [3.05, 3.63) is 29.8 Å². The van der Waals surface area contributed by atoms with E-state index >= 15 is 0 Å². The summed E-state index contributed by atoms with van der Waals surface area (Å²) in [6.45, 7) is 5.56. The zero-order valence-corrected chi connectivity index (χ0v) is 12.9. The first-order valence-electron chi connectivity index (χ1n) is 7.84. The molecule has 2 N–H and O–H groups in total. The van der Waals surface area contributed by atoms with Gasteiger partial charge in [-0.1, -0.05) is 31.9 Å². The molecule has 1 heterocycles. The van der Waals surface area contributed by atoms with E-state index in [4.69, 9.17) is 10.5 Å². The molecule has 0 aromatic heterocycles. The van der Waals surface area contributed by atoms with Crippen LogP contribution in [0.1, 0.15) is 44.6 Å². The second-order valence-electron chi connectivity index (χ2n) is 5.97. The van der Waals surface area contributed by atoms with Crippen LogP contribution in [0.5, 0.6) is 5.75 Å². The molecule has 0 aliphatic carbocycles. The van der Waals surface area contributed by atoms with Crippen molar-refractivity contribution in [3.63, 3.8) is 0 Å². The van der Waals surface area contributed by atoms with E-state index in [9.17, 15) is 0 Å². The van der Waals surface area contributed by atoms with Crippen molar-refractivity contribution in [2.75, 3.05) is 26.7 Å². The minimum absolute atomic E-state index is 0.238. The molecule has 1 aromatic carbocycles. The number of rotatable bonds is 6. The second-order valence-corrected chi connectivity index (χ2v) is 5.97. The fraction of sp³-hybridized carbons (Fsp3) is 0.647. The van der Waals surface area contributed by atoms with Gasteiger partial charge in [-0.25, -0.2) is 0 Å². The zero-order valence-electron chi connectivity index (χ0n) is 12.9. The Morgan fingerprint density at radius 2 is 1.80 bits per heavy atom. The van der Waals surface area contributed by atoms with Crippen LogP contribution in [0, 0.1) is 0 Å². The Bertz CT molecular complexity index is 398. The van der Waals surface area contributed by atoms with Crippen LogP contribution in [0.25, 0.3) is 0 Å². The highest BCUT2D eigenvalue weighted by atomic mass is 16.5. The monoisotopic (exact) mass is 276 g/mol. The van der Waals surface area contributed by atoms with Gasteiger partial charge in [0.25, 0.3) is 0 Å². The van der Waals surface area contributed by atoms with E-state index in [2.05, 4.69) is 24.0 Å². The molecule has 20 heavy (non-hydrogen) atoms. The molecule has 1 unspecified atom stereocenters. The molecule has 112 valence electrons. The van der Waals surface area contributed by atoms with Gasteiger partial charge in [0, 0.05) is 6.54 Å². The van der Waals surface area contributed by atoms with Crippen molar-refractivity contribution in [2.24, 2.45) is 5.73 Å². The van der Waals surface area contributed by atoms with Crippen LogP contribution in [0.3, 0.4) is 0 Å². The van der Waals surface area contributed by atoms with Gasteiger partial charge in [-0.2, -0.15) is 0 Å². The number of hydrogen-bond donors (Lipinski definition) is 1. The highest BCUT2D eigenvalue weighted by Crippen LogP contribution is 2.28. The number of ether oxygens (including phenoxy) is 1. The predicted molar refractivity (Wildman–Crippen MR) is 84.1 cm³/mol. The predicted octanol–water partition coefficient (Wildman–Crippen LogP) is 3.14. The average molecular weight is 276 g/mol. The molecule has 0 radical (unpaired) electrons. The Labute approximate surface area is 123 Å². The zero-order chi connectivity index (χ0) is 14.4. The quantitative estimate of drug-likeness (QED) is 0.867. The maximum atomic E-state index is 6.77. The molecular weight excluding hydrogens is 248 g/mol. The molecule has 0 amide bonds. The Balaban J connectivity index is 2.13. The maximum absolute atomic E-state index is 6.77. The Morgan fingerprint density at radius 3 is 2.35 bits per heavy atom. The number of hydrogen-bond acceptors (Lipinski definition) is 3. The summed E-state index contributed by atoms with van der Waals surface area (Å²) in [6, 6.07) is 8.28. The molecule has 1 aromatic rings. The molecule has 0 bridgehead atoms. The van der Waals surface area contributed by atoms with Crippen LogP contribution >= 0.6 is 0 Å². The molecule has 3 heteroatoms. The molecule has 1 aliphatic heterocycles. The molecule has 1 saturated heterocycles. The first kappa shape index (κ1) is 15.3. The van der Waals surface area contributed by atoms with Gasteiger partial charge in [-0.05, 0) is 50.0 Å². The van der Waals surface area contributed by atoms with Crippen LogP contribution in [0.15, 0.2) is 24.3 Å². The van der Waals surface area contributed by atoms with E-state index in [1.54, 1.807) is 7.11 Å². The van der Waals surface area contributed by atoms with Crippen molar-refractivity contribution < 1.29 is 4.74 Å². The normalized spacial score (nSPS) is 19.6. The van der Waals surface area contributed by atoms with Gasteiger partial charge in [-0.3, -0.25) is 0 Å². The second kappa shape index (κ2) is 7.09. The van der Waals surface area contributed by atoms with Crippen LogP contribution in [-0.2, 0) is 5.54 Å². The SMILES string of the molecule is CCCC(N)(CN1CCCCC1)c1ccc(OC)cc1. The van der Waals surface area contributed by atoms with E-state index in [1.807, 2.05) is 12.1 Å². The number of piperidine rings is 1. The highest BCUT2D eigenvalue weighted by molar-refractivity contribution is 5.32. The topological polar surface area (TPSA) is 38.5 Å². The number of likely N-dealkylation sites (tertiary alicyclic amines) is 1. The van der Waals surface area contributed by atoms with Crippen LogP contribution in [0.4, 0.5) is 0 Å². The number of nitrogens with two attached hydrogens (primary N) is 1. The van der Waals surface area contributed by atoms with Gasteiger partial charge in [0.15, 0.2) is 0 Å². The van der Waals surface area contributed by atoms with Crippen molar-refractivity contribution in [1.82, 2.24) is 4.90 Å². The minimum Gasteiger partial charge on any atom is -0.497 e. The maximum Gasteiger partial charge on any atom is 0.118 e. The molecule has 1 atom stereocenters. The van der Waals surface area contributed by atoms with E-state index < -0.39 is 0 Å². The Kier molecular flexibility index (Phi) is 5.44. The molecule has 0 spiro atoms. The van der Waals surface area contributed by atoms with Crippen LogP contribution in [-0.4, -0.2) is 31.6 Å². The fourth-order valence-electron chi connectivity index (χ4n) is 3.20. The summed E-state index contributed by atoms with van der Waals surface area (Å²) in [7, 11) is 1.70. The molecule has 0 saturated carbocycles.